The van der Waals surface area contributed by atoms with Crippen LogP contribution in [-0.2, 0) is 20.7 Å². The van der Waals surface area contributed by atoms with E-state index in [9.17, 15) is 4.79 Å². The van der Waals surface area contributed by atoms with Gasteiger partial charge in [0.05, 0.1) is 13.2 Å². The highest BCUT2D eigenvalue weighted by Gasteiger charge is 2.18. The van der Waals surface area contributed by atoms with Gasteiger partial charge >= 0.3 is 0 Å². The number of benzene rings is 1. The zero-order valence-electron chi connectivity index (χ0n) is 9.88. The van der Waals surface area contributed by atoms with Gasteiger partial charge < -0.3 is 14.3 Å². The first-order valence-electron chi connectivity index (χ1n) is 6.11. The van der Waals surface area contributed by atoms with E-state index in [1.807, 2.05) is 18.2 Å². The third-order valence-electron chi connectivity index (χ3n) is 3.00. The van der Waals surface area contributed by atoms with Crippen LogP contribution >= 0.6 is 0 Å². The number of carbonyl (C=O) groups is 1. The second kappa shape index (κ2) is 6.52. The first-order chi connectivity index (χ1) is 8.38. The quantitative estimate of drug-likeness (QED) is 0.708. The van der Waals surface area contributed by atoms with Crippen LogP contribution in [0, 0.1) is 5.92 Å². The summed E-state index contributed by atoms with van der Waals surface area (Å²) in [6, 6.07) is 10.1. The molecule has 2 rings (SSSR count). The summed E-state index contributed by atoms with van der Waals surface area (Å²) in [6.45, 7) is 1.35. The van der Waals surface area contributed by atoms with Crippen LogP contribution in [0.4, 0.5) is 0 Å². The second-order valence-electron chi connectivity index (χ2n) is 4.33. The van der Waals surface area contributed by atoms with E-state index in [1.165, 1.54) is 5.56 Å². The Labute approximate surface area is 102 Å². The molecular formula is C14H18O3. The van der Waals surface area contributed by atoms with Crippen molar-refractivity contribution < 1.29 is 14.3 Å². The van der Waals surface area contributed by atoms with Gasteiger partial charge in [0.25, 0.3) is 0 Å². The smallest absolute Gasteiger partial charge is 0.157 e. The summed E-state index contributed by atoms with van der Waals surface area (Å²) in [5.74, 6) is 0.0604. The molecule has 1 aliphatic rings. The Morgan fingerprint density at radius 3 is 2.59 bits per heavy atom. The molecule has 0 spiro atoms. The van der Waals surface area contributed by atoms with E-state index in [0.717, 1.165) is 25.5 Å². The summed E-state index contributed by atoms with van der Waals surface area (Å²) < 4.78 is 10.7. The Morgan fingerprint density at radius 1 is 1.24 bits per heavy atom. The van der Waals surface area contributed by atoms with E-state index in [0.29, 0.717) is 13.2 Å². The van der Waals surface area contributed by atoms with Gasteiger partial charge in [0.15, 0.2) is 6.29 Å². The van der Waals surface area contributed by atoms with E-state index < -0.39 is 0 Å². The fourth-order valence-electron chi connectivity index (χ4n) is 2.06. The van der Waals surface area contributed by atoms with Gasteiger partial charge in [-0.15, -0.1) is 0 Å². The zero-order chi connectivity index (χ0) is 11.9. The van der Waals surface area contributed by atoms with E-state index in [2.05, 4.69) is 12.1 Å². The van der Waals surface area contributed by atoms with Crippen molar-refractivity contribution in [1.82, 2.24) is 0 Å². The number of rotatable bonds is 6. The molecule has 3 nitrogen and oxygen atoms in total. The van der Waals surface area contributed by atoms with Gasteiger partial charge in [-0.05, 0) is 24.8 Å². The van der Waals surface area contributed by atoms with Crippen molar-refractivity contribution in [3.63, 3.8) is 0 Å². The molecule has 17 heavy (non-hydrogen) atoms. The Kier molecular flexibility index (Phi) is 4.71. The lowest BCUT2D eigenvalue weighted by Crippen LogP contribution is -2.13. The fourth-order valence-corrected chi connectivity index (χ4v) is 2.06. The SMILES string of the molecule is O=CC(CCC1OCCO1)Cc1ccccc1. The summed E-state index contributed by atoms with van der Waals surface area (Å²) in [5.41, 5.74) is 1.21. The maximum atomic E-state index is 11.0. The molecule has 1 aromatic rings. The van der Waals surface area contributed by atoms with Gasteiger partial charge in [-0.1, -0.05) is 30.3 Å². The number of aldehydes is 1. The lowest BCUT2D eigenvalue weighted by molar-refractivity contribution is -0.112. The standard InChI is InChI=1S/C14H18O3/c15-11-13(6-7-14-16-8-9-17-14)10-12-4-2-1-3-5-12/h1-5,11,13-14H,6-10H2. The third-order valence-corrected chi connectivity index (χ3v) is 3.00. The maximum Gasteiger partial charge on any atom is 0.157 e. The van der Waals surface area contributed by atoms with Crippen LogP contribution < -0.4 is 0 Å². The Bertz CT molecular complexity index is 331. The minimum atomic E-state index is -0.103. The molecule has 1 aromatic carbocycles. The van der Waals surface area contributed by atoms with Gasteiger partial charge in [0.2, 0.25) is 0 Å². The monoisotopic (exact) mass is 234 g/mol. The molecule has 0 saturated carbocycles. The minimum absolute atomic E-state index is 0.0604. The van der Waals surface area contributed by atoms with Crippen molar-refractivity contribution >= 4 is 6.29 Å². The van der Waals surface area contributed by atoms with Crippen molar-refractivity contribution in [3.8, 4) is 0 Å². The van der Waals surface area contributed by atoms with Gasteiger partial charge in [-0.3, -0.25) is 0 Å². The molecule has 1 unspecified atom stereocenters. The number of hydrogen-bond donors (Lipinski definition) is 0. The molecular weight excluding hydrogens is 216 g/mol. The first-order valence-corrected chi connectivity index (χ1v) is 6.11. The zero-order valence-corrected chi connectivity index (χ0v) is 9.88. The van der Waals surface area contributed by atoms with Gasteiger partial charge in [-0.25, -0.2) is 0 Å². The average molecular weight is 234 g/mol. The summed E-state index contributed by atoms with van der Waals surface area (Å²) in [6.07, 6.45) is 3.37. The summed E-state index contributed by atoms with van der Waals surface area (Å²) in [7, 11) is 0. The van der Waals surface area contributed by atoms with Crippen LogP contribution in [0.3, 0.4) is 0 Å². The molecule has 0 amide bonds. The lowest BCUT2D eigenvalue weighted by Gasteiger charge is -2.13. The average Bonchev–Trinajstić information content (AvgIpc) is 2.89. The second-order valence-corrected chi connectivity index (χ2v) is 4.33. The highest BCUT2D eigenvalue weighted by atomic mass is 16.7. The molecule has 0 radical (unpaired) electrons. The fraction of sp³-hybridized carbons (Fsp3) is 0.500. The van der Waals surface area contributed by atoms with Gasteiger partial charge in [-0.2, -0.15) is 0 Å². The predicted molar refractivity (Wildman–Crippen MR) is 64.6 cm³/mol. The van der Waals surface area contributed by atoms with Crippen molar-refractivity contribution in [2.75, 3.05) is 13.2 Å². The Balaban J connectivity index is 1.78. The molecule has 1 heterocycles. The highest BCUT2D eigenvalue weighted by molar-refractivity contribution is 5.54. The third kappa shape index (κ3) is 3.95. The molecule has 0 aromatic heterocycles. The molecule has 92 valence electrons. The maximum absolute atomic E-state index is 11.0. The molecule has 3 heteroatoms. The molecule has 0 aliphatic carbocycles. The highest BCUT2D eigenvalue weighted by Crippen LogP contribution is 2.17. The Morgan fingerprint density at radius 2 is 1.94 bits per heavy atom. The largest absolute Gasteiger partial charge is 0.350 e. The minimum Gasteiger partial charge on any atom is -0.350 e. The molecule has 1 saturated heterocycles. The van der Waals surface area contributed by atoms with E-state index in [-0.39, 0.29) is 12.2 Å². The van der Waals surface area contributed by atoms with Crippen LogP contribution in [0.2, 0.25) is 0 Å². The number of hydrogen-bond acceptors (Lipinski definition) is 3. The molecule has 1 fully saturated rings. The van der Waals surface area contributed by atoms with Crippen molar-refractivity contribution in [3.05, 3.63) is 35.9 Å². The van der Waals surface area contributed by atoms with Crippen molar-refractivity contribution in [2.24, 2.45) is 5.92 Å². The van der Waals surface area contributed by atoms with Gasteiger partial charge in [0.1, 0.15) is 6.29 Å². The van der Waals surface area contributed by atoms with E-state index >= 15 is 0 Å². The summed E-state index contributed by atoms with van der Waals surface area (Å²) >= 11 is 0. The molecule has 1 atom stereocenters. The van der Waals surface area contributed by atoms with Crippen LogP contribution in [0.15, 0.2) is 30.3 Å². The summed E-state index contributed by atoms with van der Waals surface area (Å²) in [5, 5.41) is 0. The van der Waals surface area contributed by atoms with E-state index in [1.54, 1.807) is 0 Å². The molecule has 0 bridgehead atoms. The number of ether oxygens (including phenoxy) is 2. The lowest BCUT2D eigenvalue weighted by atomic mass is 9.96. The topological polar surface area (TPSA) is 35.5 Å². The van der Waals surface area contributed by atoms with Crippen LogP contribution in [0.25, 0.3) is 0 Å². The molecule has 0 N–H and O–H groups in total. The first kappa shape index (κ1) is 12.3. The normalized spacial score (nSPS) is 18.1. The van der Waals surface area contributed by atoms with Crippen molar-refractivity contribution in [2.45, 2.75) is 25.6 Å². The Hall–Kier alpha value is -1.19. The summed E-state index contributed by atoms with van der Waals surface area (Å²) in [4.78, 5) is 11.0. The number of carbonyl (C=O) groups excluding carboxylic acids is 1. The van der Waals surface area contributed by atoms with Crippen LogP contribution in [0.5, 0.6) is 0 Å². The van der Waals surface area contributed by atoms with Gasteiger partial charge in [0, 0.05) is 5.92 Å². The van der Waals surface area contributed by atoms with Crippen LogP contribution in [0.1, 0.15) is 18.4 Å². The van der Waals surface area contributed by atoms with Crippen LogP contribution in [-0.4, -0.2) is 25.8 Å². The molecule has 1 aliphatic heterocycles. The van der Waals surface area contributed by atoms with E-state index in [4.69, 9.17) is 9.47 Å². The van der Waals surface area contributed by atoms with Crippen molar-refractivity contribution in [1.29, 1.82) is 0 Å². The predicted octanol–water partition coefficient (Wildman–Crippen LogP) is 2.20.